The van der Waals surface area contributed by atoms with E-state index in [1.807, 2.05) is 0 Å². The second kappa shape index (κ2) is 3.97. The van der Waals surface area contributed by atoms with E-state index < -0.39 is 0 Å². The Morgan fingerprint density at radius 2 is 2.23 bits per heavy atom. The number of rotatable bonds is 1. The van der Waals surface area contributed by atoms with Crippen LogP contribution in [-0.2, 0) is 4.74 Å². The first-order chi connectivity index (χ1) is 6.29. The highest BCUT2D eigenvalue weighted by molar-refractivity contribution is 4.90. The molecular weight excluding hydrogens is 162 g/mol. The summed E-state index contributed by atoms with van der Waals surface area (Å²) >= 11 is 0. The third kappa shape index (κ3) is 2.05. The third-order valence-electron chi connectivity index (χ3n) is 3.53. The molecule has 1 N–H and O–H groups in total. The van der Waals surface area contributed by atoms with Gasteiger partial charge in [0.2, 0.25) is 0 Å². The zero-order chi connectivity index (χ0) is 9.26. The van der Waals surface area contributed by atoms with E-state index in [1.54, 1.807) is 0 Å². The third-order valence-corrected chi connectivity index (χ3v) is 3.53. The van der Waals surface area contributed by atoms with Gasteiger partial charge < -0.3 is 10.1 Å². The molecule has 1 saturated heterocycles. The van der Waals surface area contributed by atoms with E-state index in [9.17, 15) is 0 Å². The maximum Gasteiger partial charge on any atom is 0.0729 e. The van der Waals surface area contributed by atoms with Gasteiger partial charge in [-0.1, -0.05) is 13.3 Å². The molecule has 2 rings (SSSR count). The lowest BCUT2D eigenvalue weighted by Gasteiger charge is -2.42. The molecule has 4 unspecified atom stereocenters. The van der Waals surface area contributed by atoms with E-state index in [-0.39, 0.29) is 0 Å². The molecule has 1 saturated carbocycles. The SMILES string of the molecule is CCC1CCC2OCC(C)NC2C1. The number of morpholine rings is 1. The van der Waals surface area contributed by atoms with Crippen molar-refractivity contribution < 1.29 is 4.74 Å². The highest BCUT2D eigenvalue weighted by Crippen LogP contribution is 2.30. The summed E-state index contributed by atoms with van der Waals surface area (Å²) in [4.78, 5) is 0. The summed E-state index contributed by atoms with van der Waals surface area (Å²) in [5, 5.41) is 3.66. The summed E-state index contributed by atoms with van der Waals surface area (Å²) in [6.45, 7) is 5.42. The van der Waals surface area contributed by atoms with Crippen molar-refractivity contribution in [3.63, 3.8) is 0 Å². The van der Waals surface area contributed by atoms with Crippen molar-refractivity contribution in [1.29, 1.82) is 0 Å². The van der Waals surface area contributed by atoms with Gasteiger partial charge in [0.05, 0.1) is 12.7 Å². The number of fused-ring (bicyclic) bond motifs is 1. The van der Waals surface area contributed by atoms with Crippen molar-refractivity contribution >= 4 is 0 Å². The molecule has 0 spiro atoms. The minimum Gasteiger partial charge on any atom is -0.375 e. The quantitative estimate of drug-likeness (QED) is 0.671. The molecule has 76 valence electrons. The Labute approximate surface area is 81.0 Å². The minimum atomic E-state index is 0.513. The maximum atomic E-state index is 5.82. The summed E-state index contributed by atoms with van der Waals surface area (Å²) in [6.07, 6.45) is 5.81. The molecule has 0 amide bonds. The normalized spacial score (nSPS) is 45.7. The van der Waals surface area contributed by atoms with Crippen LogP contribution in [0.15, 0.2) is 0 Å². The highest BCUT2D eigenvalue weighted by atomic mass is 16.5. The van der Waals surface area contributed by atoms with Crippen molar-refractivity contribution in [1.82, 2.24) is 5.32 Å². The molecule has 0 bridgehead atoms. The molecule has 0 radical (unpaired) electrons. The standard InChI is InChI=1S/C11H21NO/c1-3-9-4-5-11-10(6-9)12-8(2)7-13-11/h8-12H,3-7H2,1-2H3. The topological polar surface area (TPSA) is 21.3 Å². The van der Waals surface area contributed by atoms with Crippen molar-refractivity contribution in [2.24, 2.45) is 5.92 Å². The van der Waals surface area contributed by atoms with Crippen LogP contribution < -0.4 is 5.32 Å². The lowest BCUT2D eigenvalue weighted by Crippen LogP contribution is -2.55. The van der Waals surface area contributed by atoms with Crippen LogP contribution in [0.5, 0.6) is 0 Å². The van der Waals surface area contributed by atoms with Gasteiger partial charge in [-0.3, -0.25) is 0 Å². The van der Waals surface area contributed by atoms with Crippen LogP contribution in [0.2, 0.25) is 0 Å². The Hall–Kier alpha value is -0.0800. The molecule has 13 heavy (non-hydrogen) atoms. The fraction of sp³-hybridized carbons (Fsp3) is 1.00. The number of ether oxygens (including phenoxy) is 1. The van der Waals surface area contributed by atoms with Crippen LogP contribution in [-0.4, -0.2) is 24.8 Å². The predicted octanol–water partition coefficient (Wildman–Crippen LogP) is 1.94. The molecule has 1 aliphatic heterocycles. The lowest BCUT2D eigenvalue weighted by molar-refractivity contribution is -0.0517. The molecule has 2 aliphatic rings. The van der Waals surface area contributed by atoms with E-state index in [4.69, 9.17) is 4.74 Å². The van der Waals surface area contributed by atoms with Crippen LogP contribution in [0, 0.1) is 5.92 Å². The number of hydrogen-bond acceptors (Lipinski definition) is 2. The summed E-state index contributed by atoms with van der Waals surface area (Å²) < 4.78 is 5.82. The van der Waals surface area contributed by atoms with Gasteiger partial charge in [0, 0.05) is 12.1 Å². The Kier molecular flexibility index (Phi) is 2.89. The minimum absolute atomic E-state index is 0.513. The van der Waals surface area contributed by atoms with Crippen LogP contribution in [0.1, 0.15) is 39.5 Å². The molecule has 2 nitrogen and oxygen atoms in total. The van der Waals surface area contributed by atoms with Crippen LogP contribution in [0.4, 0.5) is 0 Å². The average Bonchev–Trinajstić information content (AvgIpc) is 2.16. The van der Waals surface area contributed by atoms with E-state index in [2.05, 4.69) is 19.2 Å². The zero-order valence-corrected chi connectivity index (χ0v) is 8.75. The first kappa shape index (κ1) is 9.47. The summed E-state index contributed by atoms with van der Waals surface area (Å²) in [6, 6.07) is 1.19. The van der Waals surface area contributed by atoms with Gasteiger partial charge in [-0.25, -0.2) is 0 Å². The van der Waals surface area contributed by atoms with E-state index in [1.165, 1.54) is 25.7 Å². The molecule has 0 aromatic rings. The molecule has 1 heterocycles. The summed E-state index contributed by atoms with van der Waals surface area (Å²) in [7, 11) is 0. The monoisotopic (exact) mass is 183 g/mol. The largest absolute Gasteiger partial charge is 0.375 e. The first-order valence-corrected chi connectivity index (χ1v) is 5.67. The molecule has 2 heteroatoms. The zero-order valence-electron chi connectivity index (χ0n) is 8.75. The molecule has 0 aromatic carbocycles. The number of nitrogens with one attached hydrogen (secondary N) is 1. The van der Waals surface area contributed by atoms with Gasteiger partial charge in [0.1, 0.15) is 0 Å². The van der Waals surface area contributed by atoms with Crippen molar-refractivity contribution in [3.05, 3.63) is 0 Å². The Bertz CT molecular complexity index is 171. The summed E-state index contributed by atoms with van der Waals surface area (Å²) in [5.41, 5.74) is 0. The van der Waals surface area contributed by atoms with Crippen molar-refractivity contribution in [2.45, 2.75) is 57.7 Å². The lowest BCUT2D eigenvalue weighted by atomic mass is 9.81. The fourth-order valence-corrected chi connectivity index (χ4v) is 2.66. The highest BCUT2D eigenvalue weighted by Gasteiger charge is 2.34. The van der Waals surface area contributed by atoms with Crippen LogP contribution >= 0.6 is 0 Å². The first-order valence-electron chi connectivity index (χ1n) is 5.67. The maximum absolute atomic E-state index is 5.82. The Morgan fingerprint density at radius 3 is 3.00 bits per heavy atom. The van der Waals surface area contributed by atoms with Crippen molar-refractivity contribution in [3.8, 4) is 0 Å². The Balaban J connectivity index is 1.91. The van der Waals surface area contributed by atoms with Crippen LogP contribution in [0.25, 0.3) is 0 Å². The number of hydrogen-bond donors (Lipinski definition) is 1. The fourth-order valence-electron chi connectivity index (χ4n) is 2.66. The smallest absolute Gasteiger partial charge is 0.0729 e. The van der Waals surface area contributed by atoms with Gasteiger partial charge in [-0.15, -0.1) is 0 Å². The molecular formula is C11H21NO. The second-order valence-corrected chi connectivity index (χ2v) is 4.63. The van der Waals surface area contributed by atoms with Gasteiger partial charge in [-0.05, 0) is 32.1 Å². The molecule has 2 fully saturated rings. The van der Waals surface area contributed by atoms with Crippen LogP contribution in [0.3, 0.4) is 0 Å². The van der Waals surface area contributed by atoms with Gasteiger partial charge in [0.25, 0.3) is 0 Å². The van der Waals surface area contributed by atoms with Gasteiger partial charge >= 0.3 is 0 Å². The molecule has 0 aromatic heterocycles. The van der Waals surface area contributed by atoms with E-state index in [0.29, 0.717) is 18.2 Å². The van der Waals surface area contributed by atoms with E-state index in [0.717, 1.165) is 12.5 Å². The molecule has 4 atom stereocenters. The van der Waals surface area contributed by atoms with E-state index >= 15 is 0 Å². The second-order valence-electron chi connectivity index (χ2n) is 4.63. The van der Waals surface area contributed by atoms with Gasteiger partial charge in [-0.2, -0.15) is 0 Å². The average molecular weight is 183 g/mol. The Morgan fingerprint density at radius 1 is 1.38 bits per heavy atom. The summed E-state index contributed by atoms with van der Waals surface area (Å²) in [5.74, 6) is 0.933. The molecule has 1 aliphatic carbocycles. The van der Waals surface area contributed by atoms with Gasteiger partial charge in [0.15, 0.2) is 0 Å². The predicted molar refractivity (Wildman–Crippen MR) is 53.8 cm³/mol. The van der Waals surface area contributed by atoms with Crippen molar-refractivity contribution in [2.75, 3.05) is 6.61 Å².